The molecule has 4 nitrogen and oxygen atoms in total. The van der Waals surface area contributed by atoms with Gasteiger partial charge in [-0.1, -0.05) is 84.0 Å². The Morgan fingerprint density at radius 3 is 2.21 bits per heavy atom. The second-order valence-electron chi connectivity index (χ2n) is 6.45. The highest BCUT2D eigenvalue weighted by atomic mass is 35.5. The number of aromatic nitrogens is 3. The van der Waals surface area contributed by atoms with Crippen LogP contribution in [-0.2, 0) is 6.42 Å². The van der Waals surface area contributed by atoms with Gasteiger partial charge in [-0.2, -0.15) is 0 Å². The molecule has 0 bridgehead atoms. The predicted octanol–water partition coefficient (Wildman–Crippen LogP) is 5.49. The standard InChI is InChI=1S/C23H18ClN3OS/c24-19-11-13-20(14-12-19)27-22(15-17-7-3-1-4-8-17)25-26-23(27)29-16-21(28)18-9-5-2-6-10-18/h1-14H,15-16H2. The molecule has 144 valence electrons. The summed E-state index contributed by atoms with van der Waals surface area (Å²) in [7, 11) is 0. The molecular weight excluding hydrogens is 402 g/mol. The summed E-state index contributed by atoms with van der Waals surface area (Å²) in [6, 6.07) is 27.0. The highest BCUT2D eigenvalue weighted by Crippen LogP contribution is 2.25. The number of Topliss-reactive ketones (excluding diaryl/α,β-unsaturated/α-hetero) is 1. The summed E-state index contributed by atoms with van der Waals surface area (Å²) in [5.74, 6) is 1.17. The van der Waals surface area contributed by atoms with Crippen molar-refractivity contribution in [2.75, 3.05) is 5.75 Å². The molecule has 3 aromatic carbocycles. The van der Waals surface area contributed by atoms with Crippen LogP contribution >= 0.6 is 23.4 Å². The predicted molar refractivity (Wildman–Crippen MR) is 117 cm³/mol. The van der Waals surface area contributed by atoms with Gasteiger partial charge in [-0.05, 0) is 29.8 Å². The Kier molecular flexibility index (Phi) is 6.08. The number of ketones is 1. The van der Waals surface area contributed by atoms with Gasteiger partial charge in [0.15, 0.2) is 10.9 Å². The maximum atomic E-state index is 12.5. The van der Waals surface area contributed by atoms with E-state index in [0.29, 0.717) is 27.9 Å². The molecule has 0 amide bonds. The third-order valence-corrected chi connectivity index (χ3v) is 5.60. The molecule has 0 unspecified atom stereocenters. The van der Waals surface area contributed by atoms with Gasteiger partial charge in [0.05, 0.1) is 5.75 Å². The van der Waals surface area contributed by atoms with E-state index in [0.717, 1.165) is 17.1 Å². The van der Waals surface area contributed by atoms with Crippen molar-refractivity contribution in [3.05, 3.63) is 107 Å². The third kappa shape index (κ3) is 4.75. The second kappa shape index (κ2) is 9.07. The highest BCUT2D eigenvalue weighted by Gasteiger charge is 2.17. The molecule has 0 spiro atoms. The van der Waals surface area contributed by atoms with E-state index in [2.05, 4.69) is 22.3 Å². The average Bonchev–Trinajstić information content (AvgIpc) is 3.16. The average molecular weight is 420 g/mol. The minimum absolute atomic E-state index is 0.0610. The quantitative estimate of drug-likeness (QED) is 0.293. The molecule has 4 aromatic rings. The SMILES string of the molecule is O=C(CSc1nnc(Cc2ccccc2)n1-c1ccc(Cl)cc1)c1ccccc1. The Morgan fingerprint density at radius 1 is 0.862 bits per heavy atom. The van der Waals surface area contributed by atoms with Gasteiger partial charge in [0.2, 0.25) is 0 Å². The van der Waals surface area contributed by atoms with E-state index in [1.165, 1.54) is 11.8 Å². The first-order chi connectivity index (χ1) is 14.2. The molecule has 1 aromatic heterocycles. The van der Waals surface area contributed by atoms with Gasteiger partial charge in [0.25, 0.3) is 0 Å². The summed E-state index contributed by atoms with van der Waals surface area (Å²) < 4.78 is 1.99. The molecular formula is C23H18ClN3OS. The molecule has 0 aliphatic carbocycles. The minimum Gasteiger partial charge on any atom is -0.293 e. The van der Waals surface area contributed by atoms with E-state index < -0.39 is 0 Å². The van der Waals surface area contributed by atoms with Crippen molar-refractivity contribution in [1.82, 2.24) is 14.8 Å². The van der Waals surface area contributed by atoms with Gasteiger partial charge in [0, 0.05) is 22.7 Å². The van der Waals surface area contributed by atoms with Crippen molar-refractivity contribution in [2.24, 2.45) is 0 Å². The van der Waals surface area contributed by atoms with Crippen molar-refractivity contribution in [3.63, 3.8) is 0 Å². The van der Waals surface area contributed by atoms with E-state index in [1.54, 1.807) is 0 Å². The van der Waals surface area contributed by atoms with Crippen molar-refractivity contribution < 1.29 is 4.79 Å². The van der Waals surface area contributed by atoms with E-state index in [-0.39, 0.29) is 5.78 Å². The lowest BCUT2D eigenvalue weighted by atomic mass is 10.1. The second-order valence-corrected chi connectivity index (χ2v) is 7.83. The van der Waals surface area contributed by atoms with Gasteiger partial charge in [-0.25, -0.2) is 0 Å². The largest absolute Gasteiger partial charge is 0.293 e. The normalized spacial score (nSPS) is 10.8. The zero-order chi connectivity index (χ0) is 20.1. The first-order valence-electron chi connectivity index (χ1n) is 9.16. The molecule has 0 saturated heterocycles. The fourth-order valence-electron chi connectivity index (χ4n) is 2.97. The van der Waals surface area contributed by atoms with Crippen LogP contribution in [0.5, 0.6) is 0 Å². The third-order valence-electron chi connectivity index (χ3n) is 4.42. The molecule has 4 rings (SSSR count). The lowest BCUT2D eigenvalue weighted by Crippen LogP contribution is -2.06. The van der Waals surface area contributed by atoms with E-state index in [4.69, 9.17) is 11.6 Å². The summed E-state index contributed by atoms with van der Waals surface area (Å²) in [6.45, 7) is 0. The van der Waals surface area contributed by atoms with Crippen LogP contribution in [0.2, 0.25) is 5.02 Å². The summed E-state index contributed by atoms with van der Waals surface area (Å²) >= 11 is 7.45. The smallest absolute Gasteiger partial charge is 0.196 e. The van der Waals surface area contributed by atoms with Crippen LogP contribution in [0.15, 0.2) is 90.1 Å². The van der Waals surface area contributed by atoms with Gasteiger partial charge in [-0.3, -0.25) is 9.36 Å². The van der Waals surface area contributed by atoms with E-state index in [9.17, 15) is 4.79 Å². The number of thioether (sulfide) groups is 1. The molecule has 6 heteroatoms. The summed E-state index contributed by atoms with van der Waals surface area (Å²) in [5.41, 5.74) is 2.76. The van der Waals surface area contributed by atoms with E-state index in [1.807, 2.05) is 77.4 Å². The molecule has 29 heavy (non-hydrogen) atoms. The van der Waals surface area contributed by atoms with Crippen molar-refractivity contribution in [3.8, 4) is 5.69 Å². The van der Waals surface area contributed by atoms with Crippen molar-refractivity contribution in [1.29, 1.82) is 0 Å². The lowest BCUT2D eigenvalue weighted by Gasteiger charge is -2.10. The van der Waals surface area contributed by atoms with Crippen LogP contribution in [0, 0.1) is 0 Å². The molecule has 0 radical (unpaired) electrons. The Labute approximate surface area is 178 Å². The van der Waals surface area contributed by atoms with Crippen LogP contribution in [0.25, 0.3) is 5.69 Å². The molecule has 0 fully saturated rings. The first kappa shape index (κ1) is 19.4. The van der Waals surface area contributed by atoms with Crippen LogP contribution < -0.4 is 0 Å². The van der Waals surface area contributed by atoms with Crippen LogP contribution in [0.3, 0.4) is 0 Å². The topological polar surface area (TPSA) is 47.8 Å². The van der Waals surface area contributed by atoms with Gasteiger partial charge >= 0.3 is 0 Å². The maximum Gasteiger partial charge on any atom is 0.196 e. The Hall–Kier alpha value is -2.89. The Morgan fingerprint density at radius 2 is 1.52 bits per heavy atom. The zero-order valence-electron chi connectivity index (χ0n) is 15.5. The Bertz CT molecular complexity index is 1100. The fourth-order valence-corrected chi connectivity index (χ4v) is 3.96. The van der Waals surface area contributed by atoms with Crippen molar-refractivity contribution >= 4 is 29.1 Å². The fraction of sp³-hybridized carbons (Fsp3) is 0.0870. The summed E-state index contributed by atoms with van der Waals surface area (Å²) in [5, 5.41) is 10.1. The number of benzene rings is 3. The monoisotopic (exact) mass is 419 g/mol. The summed E-state index contributed by atoms with van der Waals surface area (Å²) in [6.07, 6.45) is 0.643. The van der Waals surface area contributed by atoms with Crippen molar-refractivity contribution in [2.45, 2.75) is 11.6 Å². The molecule has 0 aliphatic heterocycles. The number of hydrogen-bond donors (Lipinski definition) is 0. The van der Waals surface area contributed by atoms with Crippen LogP contribution in [0.1, 0.15) is 21.7 Å². The van der Waals surface area contributed by atoms with Gasteiger partial charge < -0.3 is 0 Å². The number of rotatable bonds is 7. The molecule has 0 aliphatic rings. The zero-order valence-corrected chi connectivity index (χ0v) is 17.1. The molecule has 0 N–H and O–H groups in total. The van der Waals surface area contributed by atoms with Crippen LogP contribution in [0.4, 0.5) is 0 Å². The molecule has 0 atom stereocenters. The van der Waals surface area contributed by atoms with E-state index >= 15 is 0 Å². The number of carbonyl (C=O) groups is 1. The van der Waals surface area contributed by atoms with Gasteiger partial charge in [-0.15, -0.1) is 10.2 Å². The number of carbonyl (C=O) groups excluding carboxylic acids is 1. The van der Waals surface area contributed by atoms with Crippen LogP contribution in [-0.4, -0.2) is 26.3 Å². The summed E-state index contributed by atoms with van der Waals surface area (Å²) in [4.78, 5) is 12.5. The number of halogens is 1. The van der Waals surface area contributed by atoms with Gasteiger partial charge in [0.1, 0.15) is 5.82 Å². The number of hydrogen-bond acceptors (Lipinski definition) is 4. The first-order valence-corrected chi connectivity index (χ1v) is 10.5. The molecule has 1 heterocycles. The molecule has 0 saturated carbocycles. The maximum absolute atomic E-state index is 12.5. The lowest BCUT2D eigenvalue weighted by molar-refractivity contribution is 0.102. The Balaban J connectivity index is 1.62. The number of nitrogens with zero attached hydrogens (tertiary/aromatic N) is 3. The highest BCUT2D eigenvalue weighted by molar-refractivity contribution is 7.99. The minimum atomic E-state index is 0.0610.